The number of nitrogens with one attached hydrogen (secondary N) is 2. The molecule has 1 unspecified atom stereocenters. The maximum absolute atomic E-state index is 11.2. The highest BCUT2D eigenvalue weighted by Crippen LogP contribution is 2.22. The number of amides is 1. The first kappa shape index (κ1) is 12.2. The van der Waals surface area contributed by atoms with Crippen LogP contribution in [0.25, 0.3) is 0 Å². The van der Waals surface area contributed by atoms with E-state index in [0.29, 0.717) is 17.7 Å². The zero-order valence-corrected chi connectivity index (χ0v) is 10.3. The fourth-order valence-corrected chi connectivity index (χ4v) is 1.97. The van der Waals surface area contributed by atoms with Crippen molar-refractivity contribution in [3.63, 3.8) is 0 Å². The molecule has 1 aliphatic rings. The van der Waals surface area contributed by atoms with Gasteiger partial charge in [-0.1, -0.05) is 12.6 Å². The van der Waals surface area contributed by atoms with E-state index >= 15 is 0 Å². The lowest BCUT2D eigenvalue weighted by molar-refractivity contribution is -0.121. The topological polar surface area (TPSA) is 64.9 Å². The number of aryl methyl sites for hydroxylation is 1. The largest absolute Gasteiger partial charge is 0.377 e. The molecule has 0 saturated carbocycles. The summed E-state index contributed by atoms with van der Waals surface area (Å²) in [5.41, 5.74) is 3.29. The summed E-state index contributed by atoms with van der Waals surface area (Å²) in [6.45, 7) is 5.83. The number of anilines is 1. The summed E-state index contributed by atoms with van der Waals surface area (Å²) in [6.07, 6.45) is 1.22. The molecule has 0 spiro atoms. The van der Waals surface area contributed by atoms with E-state index in [4.69, 9.17) is 5.26 Å². The highest BCUT2D eigenvalue weighted by Gasteiger charge is 2.21. The lowest BCUT2D eigenvalue weighted by atomic mass is 10.0. The van der Waals surface area contributed by atoms with Crippen LogP contribution in [0.15, 0.2) is 30.5 Å². The number of benzene rings is 1. The smallest absolute Gasteiger partial charge is 0.224 e. The van der Waals surface area contributed by atoms with Gasteiger partial charge in [-0.05, 0) is 31.0 Å². The van der Waals surface area contributed by atoms with Gasteiger partial charge in [0.15, 0.2) is 0 Å². The van der Waals surface area contributed by atoms with Crippen LogP contribution in [-0.2, 0) is 4.79 Å². The van der Waals surface area contributed by atoms with Crippen LogP contribution in [0.4, 0.5) is 5.69 Å². The molecule has 0 radical (unpaired) electrons. The van der Waals surface area contributed by atoms with Crippen molar-refractivity contribution in [1.82, 2.24) is 5.32 Å². The molecule has 1 saturated heterocycles. The predicted octanol–water partition coefficient (Wildman–Crippen LogP) is 2.07. The Labute approximate surface area is 106 Å². The van der Waals surface area contributed by atoms with Crippen molar-refractivity contribution < 1.29 is 4.79 Å². The minimum Gasteiger partial charge on any atom is -0.377 e. The molecule has 2 N–H and O–H groups in total. The first-order valence-corrected chi connectivity index (χ1v) is 5.86. The maximum atomic E-state index is 11.2. The van der Waals surface area contributed by atoms with Gasteiger partial charge in [-0.15, -0.1) is 0 Å². The molecular formula is C14H15N3O. The van der Waals surface area contributed by atoms with Gasteiger partial charge in [0.25, 0.3) is 0 Å². The molecule has 1 heterocycles. The average Bonchev–Trinajstić information content (AvgIpc) is 2.35. The maximum Gasteiger partial charge on any atom is 0.224 e. The Morgan fingerprint density at radius 1 is 1.56 bits per heavy atom. The number of piperidine rings is 1. The standard InChI is InChI=1S/C14H15N3O/c1-9-3-4-11(8-15)7-13(9)17-12-5-6-14(18)16-10(12)2/h3-4,7,12,17H,2,5-6H2,1H3,(H,16,18). The third-order valence-corrected chi connectivity index (χ3v) is 3.08. The van der Waals surface area contributed by atoms with Crippen LogP contribution in [-0.4, -0.2) is 11.9 Å². The molecule has 1 aliphatic heterocycles. The van der Waals surface area contributed by atoms with Crippen molar-refractivity contribution >= 4 is 11.6 Å². The van der Waals surface area contributed by atoms with Crippen LogP contribution in [0.3, 0.4) is 0 Å². The van der Waals surface area contributed by atoms with E-state index in [1.54, 1.807) is 6.07 Å². The van der Waals surface area contributed by atoms with Gasteiger partial charge < -0.3 is 10.6 Å². The summed E-state index contributed by atoms with van der Waals surface area (Å²) < 4.78 is 0. The number of carbonyl (C=O) groups excluding carboxylic acids is 1. The number of nitrogens with zero attached hydrogens (tertiary/aromatic N) is 1. The third kappa shape index (κ3) is 2.51. The van der Waals surface area contributed by atoms with Crippen LogP contribution in [0.5, 0.6) is 0 Å². The lowest BCUT2D eigenvalue weighted by Crippen LogP contribution is -2.39. The van der Waals surface area contributed by atoms with Gasteiger partial charge in [-0.25, -0.2) is 0 Å². The SMILES string of the molecule is C=C1NC(=O)CCC1Nc1cc(C#N)ccc1C. The molecule has 1 aromatic carbocycles. The quantitative estimate of drug-likeness (QED) is 0.833. The second-order valence-electron chi connectivity index (χ2n) is 4.45. The summed E-state index contributed by atoms with van der Waals surface area (Å²) in [4.78, 5) is 11.2. The zero-order valence-electron chi connectivity index (χ0n) is 10.3. The van der Waals surface area contributed by atoms with Crippen molar-refractivity contribution in [3.8, 4) is 6.07 Å². The van der Waals surface area contributed by atoms with Crippen LogP contribution in [0.2, 0.25) is 0 Å². The number of nitriles is 1. The molecule has 4 nitrogen and oxygen atoms in total. The van der Waals surface area contributed by atoms with Crippen molar-refractivity contribution in [2.75, 3.05) is 5.32 Å². The summed E-state index contributed by atoms with van der Waals surface area (Å²) >= 11 is 0. The van der Waals surface area contributed by atoms with Crippen molar-refractivity contribution in [2.24, 2.45) is 0 Å². The Balaban J connectivity index is 2.16. The second kappa shape index (κ2) is 4.92. The van der Waals surface area contributed by atoms with Crippen LogP contribution in [0.1, 0.15) is 24.0 Å². The normalized spacial score (nSPS) is 19.0. The van der Waals surface area contributed by atoms with Crippen molar-refractivity contribution in [2.45, 2.75) is 25.8 Å². The van der Waals surface area contributed by atoms with E-state index in [9.17, 15) is 4.79 Å². The lowest BCUT2D eigenvalue weighted by Gasteiger charge is -2.27. The van der Waals surface area contributed by atoms with Gasteiger partial charge >= 0.3 is 0 Å². The van der Waals surface area contributed by atoms with Crippen molar-refractivity contribution in [1.29, 1.82) is 5.26 Å². The minimum absolute atomic E-state index is 0.0144. The van der Waals surface area contributed by atoms with Gasteiger partial charge in [0.1, 0.15) is 0 Å². The Hall–Kier alpha value is -2.28. The number of carbonyl (C=O) groups is 1. The molecule has 0 aliphatic carbocycles. The first-order valence-electron chi connectivity index (χ1n) is 5.86. The number of hydrogen-bond acceptors (Lipinski definition) is 3. The molecule has 0 bridgehead atoms. The molecule has 92 valence electrons. The molecule has 1 fully saturated rings. The zero-order chi connectivity index (χ0) is 13.1. The van der Waals surface area contributed by atoms with Gasteiger partial charge in [-0.3, -0.25) is 4.79 Å². The molecule has 2 rings (SSSR count). The number of rotatable bonds is 2. The number of hydrogen-bond donors (Lipinski definition) is 2. The summed E-state index contributed by atoms with van der Waals surface area (Å²) in [6, 6.07) is 7.66. The third-order valence-electron chi connectivity index (χ3n) is 3.08. The fourth-order valence-electron chi connectivity index (χ4n) is 1.97. The van der Waals surface area contributed by atoms with Gasteiger partial charge in [0, 0.05) is 17.8 Å². The molecular weight excluding hydrogens is 226 g/mol. The highest BCUT2D eigenvalue weighted by atomic mass is 16.1. The second-order valence-corrected chi connectivity index (χ2v) is 4.45. The molecule has 0 aromatic heterocycles. The van der Waals surface area contributed by atoms with E-state index in [1.807, 2.05) is 19.1 Å². The molecule has 4 heteroatoms. The predicted molar refractivity (Wildman–Crippen MR) is 69.8 cm³/mol. The van der Waals surface area contributed by atoms with Gasteiger partial charge in [0.2, 0.25) is 5.91 Å². The van der Waals surface area contributed by atoms with Gasteiger partial charge in [0.05, 0.1) is 17.7 Å². The van der Waals surface area contributed by atoms with E-state index in [2.05, 4.69) is 23.3 Å². The Kier molecular flexibility index (Phi) is 3.33. The van der Waals surface area contributed by atoms with E-state index < -0.39 is 0 Å². The fraction of sp³-hybridized carbons (Fsp3) is 0.286. The summed E-state index contributed by atoms with van der Waals surface area (Å²) in [5, 5.41) is 15.0. The van der Waals surface area contributed by atoms with Gasteiger partial charge in [-0.2, -0.15) is 5.26 Å². The Morgan fingerprint density at radius 3 is 3.00 bits per heavy atom. The molecule has 1 aromatic rings. The Morgan fingerprint density at radius 2 is 2.33 bits per heavy atom. The summed E-state index contributed by atoms with van der Waals surface area (Å²) in [5.74, 6) is 0.0144. The van der Waals surface area contributed by atoms with E-state index in [0.717, 1.165) is 17.7 Å². The van der Waals surface area contributed by atoms with Crippen LogP contribution >= 0.6 is 0 Å². The molecule has 18 heavy (non-hydrogen) atoms. The van der Waals surface area contributed by atoms with Crippen LogP contribution in [0, 0.1) is 18.3 Å². The minimum atomic E-state index is 0.0144. The monoisotopic (exact) mass is 241 g/mol. The average molecular weight is 241 g/mol. The molecule has 1 amide bonds. The highest BCUT2D eigenvalue weighted by molar-refractivity contribution is 5.79. The van der Waals surface area contributed by atoms with E-state index in [1.165, 1.54) is 0 Å². The summed E-state index contributed by atoms with van der Waals surface area (Å²) in [7, 11) is 0. The van der Waals surface area contributed by atoms with Crippen molar-refractivity contribution in [3.05, 3.63) is 41.6 Å². The Bertz CT molecular complexity index is 542. The molecule has 1 atom stereocenters. The van der Waals surface area contributed by atoms with Crippen LogP contribution < -0.4 is 10.6 Å². The first-order chi connectivity index (χ1) is 8.60. The van der Waals surface area contributed by atoms with E-state index in [-0.39, 0.29) is 11.9 Å².